The van der Waals surface area contributed by atoms with Crippen molar-refractivity contribution < 1.29 is 18.0 Å². The van der Waals surface area contributed by atoms with Gasteiger partial charge in [0.2, 0.25) is 0 Å². The molecule has 3 rings (SSSR count). The number of rotatable bonds is 3. The van der Waals surface area contributed by atoms with Gasteiger partial charge in [-0.05, 0) is 62.6 Å². The molecule has 0 unspecified atom stereocenters. The second-order valence-corrected chi connectivity index (χ2v) is 6.48. The Labute approximate surface area is 150 Å². The Balaban J connectivity index is 1.76. The van der Waals surface area contributed by atoms with E-state index in [0.717, 1.165) is 36.5 Å². The minimum atomic E-state index is -4.53. The number of benzene rings is 1. The molecule has 2 heterocycles. The molecule has 26 heavy (non-hydrogen) atoms. The highest BCUT2D eigenvalue weighted by Crippen LogP contribution is 2.29. The number of nitrogens with zero attached hydrogens (tertiary/aromatic N) is 2. The molecular weight excluding hydrogens is 343 g/mol. The lowest BCUT2D eigenvalue weighted by Crippen LogP contribution is -2.19. The molecule has 0 atom stereocenters. The maximum absolute atomic E-state index is 12.7. The molecule has 0 bridgehead atoms. The van der Waals surface area contributed by atoms with E-state index < -0.39 is 17.8 Å². The van der Waals surface area contributed by atoms with Gasteiger partial charge in [-0.1, -0.05) is 0 Å². The molecule has 2 aromatic rings. The third-order valence-electron chi connectivity index (χ3n) is 4.52. The number of carbonyl (C=O) groups is 1. The van der Waals surface area contributed by atoms with Crippen LogP contribution in [0, 0.1) is 13.8 Å². The second-order valence-electron chi connectivity index (χ2n) is 6.48. The van der Waals surface area contributed by atoms with Gasteiger partial charge in [0.05, 0.1) is 11.3 Å². The van der Waals surface area contributed by atoms with Crippen molar-refractivity contribution in [2.45, 2.75) is 32.9 Å². The van der Waals surface area contributed by atoms with Crippen LogP contribution in [0.4, 0.5) is 24.5 Å². The molecule has 1 N–H and O–H groups in total. The van der Waals surface area contributed by atoms with E-state index >= 15 is 0 Å². The van der Waals surface area contributed by atoms with Crippen LogP contribution >= 0.6 is 0 Å². The van der Waals surface area contributed by atoms with Gasteiger partial charge in [0, 0.05) is 24.5 Å². The first-order valence-corrected chi connectivity index (χ1v) is 8.47. The van der Waals surface area contributed by atoms with Crippen molar-refractivity contribution in [1.82, 2.24) is 4.98 Å². The van der Waals surface area contributed by atoms with Crippen molar-refractivity contribution in [3.8, 4) is 0 Å². The predicted molar refractivity (Wildman–Crippen MR) is 94.6 cm³/mol. The van der Waals surface area contributed by atoms with Crippen molar-refractivity contribution in [3.63, 3.8) is 0 Å². The average molecular weight is 363 g/mol. The predicted octanol–water partition coefficient (Wildman–Crippen LogP) is 4.57. The van der Waals surface area contributed by atoms with E-state index in [1.807, 2.05) is 25.1 Å². The first-order valence-electron chi connectivity index (χ1n) is 8.47. The largest absolute Gasteiger partial charge is 0.433 e. The third-order valence-corrected chi connectivity index (χ3v) is 4.52. The molecule has 138 valence electrons. The molecule has 7 heteroatoms. The van der Waals surface area contributed by atoms with Gasteiger partial charge in [0.1, 0.15) is 5.69 Å². The number of halogens is 3. The number of alkyl halides is 3. The highest BCUT2D eigenvalue weighted by Gasteiger charge is 2.33. The van der Waals surface area contributed by atoms with Gasteiger partial charge >= 0.3 is 6.18 Å². The summed E-state index contributed by atoms with van der Waals surface area (Å²) in [6.45, 7) is 5.44. The summed E-state index contributed by atoms with van der Waals surface area (Å²) < 4.78 is 38.1. The molecule has 1 amide bonds. The summed E-state index contributed by atoms with van der Waals surface area (Å²) in [5.74, 6) is -0.475. The van der Waals surface area contributed by atoms with Gasteiger partial charge < -0.3 is 10.2 Å². The number of nitrogens with one attached hydrogen (secondary N) is 1. The van der Waals surface area contributed by atoms with Gasteiger partial charge in [-0.15, -0.1) is 0 Å². The Hall–Kier alpha value is -2.57. The highest BCUT2D eigenvalue weighted by molar-refractivity contribution is 6.05. The molecule has 0 saturated carbocycles. The number of aryl methyl sites for hydroxylation is 2. The molecule has 1 saturated heterocycles. The van der Waals surface area contributed by atoms with Crippen molar-refractivity contribution >= 4 is 17.3 Å². The van der Waals surface area contributed by atoms with E-state index in [1.54, 1.807) is 0 Å². The number of pyridine rings is 1. The summed E-state index contributed by atoms with van der Waals surface area (Å²) in [4.78, 5) is 18.2. The van der Waals surface area contributed by atoms with Crippen molar-refractivity contribution in [3.05, 3.63) is 52.8 Å². The Morgan fingerprint density at radius 1 is 1.12 bits per heavy atom. The standard InChI is InChI=1S/C19H20F3N3O/c1-12-11-14(5-7-16(12)25-9-3-4-10-25)24-18(26)15-6-8-17(19(20,21)22)23-13(15)2/h5-8,11H,3-4,9-10H2,1-2H3,(H,24,26). The average Bonchev–Trinajstić information content (AvgIpc) is 3.08. The summed E-state index contributed by atoms with van der Waals surface area (Å²) in [5.41, 5.74) is 1.97. The van der Waals surface area contributed by atoms with Crippen LogP contribution in [0.2, 0.25) is 0 Å². The molecule has 4 nitrogen and oxygen atoms in total. The van der Waals surface area contributed by atoms with E-state index in [1.165, 1.54) is 19.8 Å². The number of hydrogen-bond acceptors (Lipinski definition) is 3. The van der Waals surface area contributed by atoms with Crippen LogP contribution in [0.25, 0.3) is 0 Å². The molecule has 1 aromatic heterocycles. The Bertz CT molecular complexity index is 827. The minimum Gasteiger partial charge on any atom is -0.371 e. The molecule has 1 fully saturated rings. The smallest absolute Gasteiger partial charge is 0.371 e. The first kappa shape index (κ1) is 18.2. The Kier molecular flexibility index (Phi) is 4.89. The fourth-order valence-corrected chi connectivity index (χ4v) is 3.20. The number of aromatic nitrogens is 1. The van der Waals surface area contributed by atoms with Crippen LogP contribution in [0.1, 0.15) is 40.2 Å². The minimum absolute atomic E-state index is 0.0442. The maximum atomic E-state index is 12.7. The van der Waals surface area contributed by atoms with Crippen LogP contribution < -0.4 is 10.2 Å². The fourth-order valence-electron chi connectivity index (χ4n) is 3.20. The van der Waals surface area contributed by atoms with Gasteiger partial charge in [-0.25, -0.2) is 4.98 Å². The van der Waals surface area contributed by atoms with Gasteiger partial charge in [0.15, 0.2) is 0 Å². The monoisotopic (exact) mass is 363 g/mol. The lowest BCUT2D eigenvalue weighted by molar-refractivity contribution is -0.141. The zero-order valence-electron chi connectivity index (χ0n) is 14.7. The van der Waals surface area contributed by atoms with E-state index in [2.05, 4.69) is 15.2 Å². The molecule has 0 aliphatic carbocycles. The van der Waals surface area contributed by atoms with E-state index in [9.17, 15) is 18.0 Å². The lowest BCUT2D eigenvalue weighted by atomic mass is 10.1. The molecule has 1 aromatic carbocycles. The molecule has 1 aliphatic rings. The summed E-state index contributed by atoms with van der Waals surface area (Å²) in [6, 6.07) is 7.63. The van der Waals surface area contributed by atoms with Crippen LogP contribution in [0.15, 0.2) is 30.3 Å². The van der Waals surface area contributed by atoms with E-state index in [-0.39, 0.29) is 11.3 Å². The quantitative estimate of drug-likeness (QED) is 0.869. The van der Waals surface area contributed by atoms with E-state index in [4.69, 9.17) is 0 Å². The van der Waals surface area contributed by atoms with Gasteiger partial charge in [-0.2, -0.15) is 13.2 Å². The number of carbonyl (C=O) groups excluding carboxylic acids is 1. The number of hydrogen-bond donors (Lipinski definition) is 1. The van der Waals surface area contributed by atoms with Crippen LogP contribution in [0.3, 0.4) is 0 Å². The molecular formula is C19H20F3N3O. The van der Waals surface area contributed by atoms with Crippen LogP contribution in [0.5, 0.6) is 0 Å². The SMILES string of the molecule is Cc1cc(NC(=O)c2ccc(C(F)(F)F)nc2C)ccc1N1CCCC1. The second kappa shape index (κ2) is 6.97. The summed E-state index contributed by atoms with van der Waals surface area (Å²) in [6.07, 6.45) is -2.17. The molecule has 0 radical (unpaired) electrons. The van der Waals surface area contributed by atoms with Crippen molar-refractivity contribution in [2.24, 2.45) is 0 Å². The maximum Gasteiger partial charge on any atom is 0.433 e. The number of anilines is 2. The molecule has 0 spiro atoms. The Morgan fingerprint density at radius 2 is 1.81 bits per heavy atom. The summed E-state index contributed by atoms with van der Waals surface area (Å²) in [7, 11) is 0. The Morgan fingerprint density at radius 3 is 2.38 bits per heavy atom. The normalized spacial score (nSPS) is 14.6. The summed E-state index contributed by atoms with van der Waals surface area (Å²) >= 11 is 0. The summed E-state index contributed by atoms with van der Waals surface area (Å²) in [5, 5.41) is 2.74. The fraction of sp³-hybridized carbons (Fsp3) is 0.368. The van der Waals surface area contributed by atoms with Gasteiger partial charge in [0.25, 0.3) is 5.91 Å². The highest BCUT2D eigenvalue weighted by atomic mass is 19.4. The lowest BCUT2D eigenvalue weighted by Gasteiger charge is -2.20. The van der Waals surface area contributed by atoms with Crippen molar-refractivity contribution in [2.75, 3.05) is 23.3 Å². The third kappa shape index (κ3) is 3.81. The van der Waals surface area contributed by atoms with Crippen LogP contribution in [-0.2, 0) is 6.18 Å². The van der Waals surface area contributed by atoms with Crippen LogP contribution in [-0.4, -0.2) is 24.0 Å². The topological polar surface area (TPSA) is 45.2 Å². The number of amides is 1. The first-order chi connectivity index (χ1) is 12.3. The van der Waals surface area contributed by atoms with Crippen molar-refractivity contribution in [1.29, 1.82) is 0 Å². The van der Waals surface area contributed by atoms with Gasteiger partial charge in [-0.3, -0.25) is 4.79 Å². The molecule has 1 aliphatic heterocycles. The zero-order valence-corrected chi connectivity index (χ0v) is 14.7. The zero-order chi connectivity index (χ0) is 18.9. The van der Waals surface area contributed by atoms with E-state index in [0.29, 0.717) is 5.69 Å².